The predicted octanol–water partition coefficient (Wildman–Crippen LogP) is 2.00. The number of hydrogen-bond donors (Lipinski definition) is 3. The highest BCUT2D eigenvalue weighted by molar-refractivity contribution is 4.90. The monoisotopic (exact) mass is 227 g/mol. The van der Waals surface area contributed by atoms with Crippen molar-refractivity contribution in [3.05, 3.63) is 12.3 Å². The van der Waals surface area contributed by atoms with Crippen LogP contribution in [-0.4, -0.2) is 26.2 Å². The number of allylic oxidation sites excluding steroid dienone is 1. The van der Waals surface area contributed by atoms with Crippen molar-refractivity contribution in [2.75, 3.05) is 20.1 Å². The van der Waals surface area contributed by atoms with Crippen LogP contribution < -0.4 is 16.4 Å². The van der Waals surface area contributed by atoms with E-state index in [1.807, 2.05) is 7.05 Å². The zero-order valence-electron chi connectivity index (χ0n) is 11.0. The second kappa shape index (κ2) is 11.0. The van der Waals surface area contributed by atoms with E-state index < -0.39 is 0 Å². The zero-order chi connectivity index (χ0) is 12.2. The summed E-state index contributed by atoms with van der Waals surface area (Å²) in [6, 6.07) is 0.632. The summed E-state index contributed by atoms with van der Waals surface area (Å²) in [5.41, 5.74) is 6.60. The number of unbranched alkanes of at least 4 members (excludes halogenated alkanes) is 2. The van der Waals surface area contributed by atoms with Crippen LogP contribution in [0.25, 0.3) is 0 Å². The van der Waals surface area contributed by atoms with Crippen molar-refractivity contribution in [3.8, 4) is 0 Å². The lowest BCUT2D eigenvalue weighted by atomic mass is 10.1. The van der Waals surface area contributed by atoms with Crippen molar-refractivity contribution in [2.45, 2.75) is 51.5 Å². The molecule has 0 fully saturated rings. The lowest BCUT2D eigenvalue weighted by molar-refractivity contribution is 0.521. The van der Waals surface area contributed by atoms with Gasteiger partial charge in [-0.25, -0.2) is 0 Å². The quantitative estimate of drug-likeness (QED) is 0.473. The van der Waals surface area contributed by atoms with Gasteiger partial charge in [-0.05, 0) is 52.6 Å². The van der Waals surface area contributed by atoms with Crippen molar-refractivity contribution >= 4 is 0 Å². The third-order valence-electron chi connectivity index (χ3n) is 2.86. The van der Waals surface area contributed by atoms with Crippen molar-refractivity contribution in [2.24, 2.45) is 5.73 Å². The minimum absolute atomic E-state index is 0.632. The topological polar surface area (TPSA) is 50.1 Å². The van der Waals surface area contributed by atoms with E-state index >= 15 is 0 Å². The van der Waals surface area contributed by atoms with E-state index in [1.165, 1.54) is 19.3 Å². The van der Waals surface area contributed by atoms with E-state index in [-0.39, 0.29) is 0 Å². The molecule has 0 radical (unpaired) electrons. The highest BCUT2D eigenvalue weighted by Gasteiger charge is 1.97. The molecule has 0 saturated heterocycles. The SMILES string of the molecule is C=C(CCCCN)NCCCCC(C)NC. The van der Waals surface area contributed by atoms with Crippen LogP contribution in [0.5, 0.6) is 0 Å². The number of nitrogens with two attached hydrogens (primary N) is 1. The van der Waals surface area contributed by atoms with E-state index in [9.17, 15) is 0 Å². The molecule has 0 saturated carbocycles. The molecule has 0 aliphatic carbocycles. The normalized spacial score (nSPS) is 12.4. The van der Waals surface area contributed by atoms with Crippen LogP contribution >= 0.6 is 0 Å². The van der Waals surface area contributed by atoms with E-state index in [1.54, 1.807) is 0 Å². The second-order valence-corrected chi connectivity index (χ2v) is 4.46. The Morgan fingerprint density at radius 2 is 2.00 bits per heavy atom. The van der Waals surface area contributed by atoms with Gasteiger partial charge in [-0.1, -0.05) is 13.0 Å². The van der Waals surface area contributed by atoms with Gasteiger partial charge in [0.15, 0.2) is 0 Å². The van der Waals surface area contributed by atoms with Crippen LogP contribution in [-0.2, 0) is 0 Å². The first-order valence-corrected chi connectivity index (χ1v) is 6.49. The fourth-order valence-corrected chi connectivity index (χ4v) is 1.56. The van der Waals surface area contributed by atoms with E-state index in [0.29, 0.717) is 6.04 Å². The highest BCUT2D eigenvalue weighted by atomic mass is 14.9. The molecule has 3 heteroatoms. The lowest BCUT2D eigenvalue weighted by Crippen LogP contribution is -2.21. The van der Waals surface area contributed by atoms with E-state index in [4.69, 9.17) is 5.73 Å². The average Bonchev–Trinajstić information content (AvgIpc) is 2.28. The Kier molecular flexibility index (Phi) is 10.6. The molecule has 96 valence electrons. The van der Waals surface area contributed by atoms with Gasteiger partial charge in [0, 0.05) is 18.3 Å². The summed E-state index contributed by atoms with van der Waals surface area (Å²) in [6.45, 7) is 8.07. The van der Waals surface area contributed by atoms with Crippen LogP contribution in [0.2, 0.25) is 0 Å². The summed E-state index contributed by atoms with van der Waals surface area (Å²) >= 11 is 0. The minimum Gasteiger partial charge on any atom is -0.389 e. The Morgan fingerprint density at radius 1 is 1.25 bits per heavy atom. The van der Waals surface area contributed by atoms with Gasteiger partial charge in [0.05, 0.1) is 0 Å². The molecule has 0 amide bonds. The summed E-state index contributed by atoms with van der Waals surface area (Å²) in [5.74, 6) is 0. The molecule has 1 unspecified atom stereocenters. The van der Waals surface area contributed by atoms with Crippen LogP contribution in [0.1, 0.15) is 45.4 Å². The van der Waals surface area contributed by atoms with Crippen LogP contribution in [0.4, 0.5) is 0 Å². The third kappa shape index (κ3) is 9.99. The molecule has 0 aliphatic rings. The molecule has 0 heterocycles. The Bertz CT molecular complexity index is 169. The van der Waals surface area contributed by atoms with Gasteiger partial charge in [0.25, 0.3) is 0 Å². The molecule has 16 heavy (non-hydrogen) atoms. The number of nitrogens with one attached hydrogen (secondary N) is 2. The Labute approximate surface area is 101 Å². The third-order valence-corrected chi connectivity index (χ3v) is 2.86. The summed E-state index contributed by atoms with van der Waals surface area (Å²) in [7, 11) is 2.02. The van der Waals surface area contributed by atoms with Crippen molar-refractivity contribution < 1.29 is 0 Å². The van der Waals surface area contributed by atoms with Gasteiger partial charge in [0.1, 0.15) is 0 Å². The minimum atomic E-state index is 0.632. The summed E-state index contributed by atoms with van der Waals surface area (Å²) < 4.78 is 0. The Balaban J connectivity index is 3.21. The maximum atomic E-state index is 5.44. The summed E-state index contributed by atoms with van der Waals surface area (Å²) in [4.78, 5) is 0. The smallest absolute Gasteiger partial charge is 0.0143 e. The van der Waals surface area contributed by atoms with Crippen molar-refractivity contribution in [3.63, 3.8) is 0 Å². The van der Waals surface area contributed by atoms with Gasteiger partial charge in [-0.15, -0.1) is 0 Å². The molecule has 1 atom stereocenters. The first-order valence-electron chi connectivity index (χ1n) is 6.49. The highest BCUT2D eigenvalue weighted by Crippen LogP contribution is 2.03. The molecule has 0 aromatic rings. The number of rotatable bonds is 11. The molecule has 0 spiro atoms. The maximum absolute atomic E-state index is 5.44. The molecule has 0 bridgehead atoms. The predicted molar refractivity (Wildman–Crippen MR) is 72.4 cm³/mol. The molecule has 0 aromatic heterocycles. The van der Waals surface area contributed by atoms with Gasteiger partial charge in [-0.2, -0.15) is 0 Å². The summed E-state index contributed by atoms with van der Waals surface area (Å²) in [5, 5.41) is 6.63. The van der Waals surface area contributed by atoms with Gasteiger partial charge in [0.2, 0.25) is 0 Å². The van der Waals surface area contributed by atoms with Crippen molar-refractivity contribution in [1.82, 2.24) is 10.6 Å². The Morgan fingerprint density at radius 3 is 2.62 bits per heavy atom. The fraction of sp³-hybridized carbons (Fsp3) is 0.846. The first-order chi connectivity index (χ1) is 7.70. The van der Waals surface area contributed by atoms with Crippen LogP contribution in [0, 0.1) is 0 Å². The first kappa shape index (κ1) is 15.5. The lowest BCUT2D eigenvalue weighted by Gasteiger charge is -2.11. The fourth-order valence-electron chi connectivity index (χ4n) is 1.56. The van der Waals surface area contributed by atoms with Crippen LogP contribution in [0.15, 0.2) is 12.3 Å². The molecule has 3 nitrogen and oxygen atoms in total. The van der Waals surface area contributed by atoms with Gasteiger partial charge in [-0.3, -0.25) is 0 Å². The van der Waals surface area contributed by atoms with E-state index in [0.717, 1.165) is 38.0 Å². The molecule has 4 N–H and O–H groups in total. The van der Waals surface area contributed by atoms with Crippen molar-refractivity contribution in [1.29, 1.82) is 0 Å². The molecule has 0 aliphatic heterocycles. The second-order valence-electron chi connectivity index (χ2n) is 4.46. The largest absolute Gasteiger partial charge is 0.389 e. The standard InChI is InChI=1S/C13H29N3/c1-12(15-3)8-5-7-11-16-13(2)9-4-6-10-14/h12,15-16H,2,4-11,14H2,1,3H3. The van der Waals surface area contributed by atoms with Crippen LogP contribution in [0.3, 0.4) is 0 Å². The van der Waals surface area contributed by atoms with Gasteiger partial charge >= 0.3 is 0 Å². The zero-order valence-corrected chi connectivity index (χ0v) is 11.0. The number of hydrogen-bond acceptors (Lipinski definition) is 3. The maximum Gasteiger partial charge on any atom is 0.0143 e. The molecular weight excluding hydrogens is 198 g/mol. The molecule has 0 aromatic carbocycles. The Hall–Kier alpha value is -0.540. The molecule has 0 rings (SSSR count). The summed E-state index contributed by atoms with van der Waals surface area (Å²) in [6.07, 6.45) is 7.05. The van der Waals surface area contributed by atoms with E-state index in [2.05, 4.69) is 24.1 Å². The molecular formula is C13H29N3. The van der Waals surface area contributed by atoms with Gasteiger partial charge < -0.3 is 16.4 Å². The average molecular weight is 227 g/mol.